The fourth-order valence-corrected chi connectivity index (χ4v) is 3.24. The van der Waals surface area contributed by atoms with Crippen LogP contribution in [0.5, 0.6) is 0 Å². The molecule has 1 aromatic heterocycles. The summed E-state index contributed by atoms with van der Waals surface area (Å²) in [7, 11) is -3.55. The van der Waals surface area contributed by atoms with Crippen LogP contribution in [0.3, 0.4) is 0 Å². The van der Waals surface area contributed by atoms with Crippen molar-refractivity contribution in [1.29, 1.82) is 0 Å². The van der Waals surface area contributed by atoms with Gasteiger partial charge in [0.2, 0.25) is 10.0 Å². The standard InChI is InChI=1S/C12H21N3O3S/c1-4-6-15(11(2)3)19(17,18)12-9-13-14(10-12)7-5-8-16/h4,9-11,16H,1,5-8H2,2-3H3. The molecular weight excluding hydrogens is 266 g/mol. The first kappa shape index (κ1) is 15.9. The van der Waals surface area contributed by atoms with E-state index in [-0.39, 0.29) is 24.1 Å². The van der Waals surface area contributed by atoms with Gasteiger partial charge in [0.1, 0.15) is 4.90 Å². The minimum absolute atomic E-state index is 0.0521. The molecule has 0 aliphatic rings. The van der Waals surface area contributed by atoms with E-state index in [0.29, 0.717) is 13.0 Å². The Morgan fingerprint density at radius 1 is 1.58 bits per heavy atom. The zero-order valence-corrected chi connectivity index (χ0v) is 12.2. The average Bonchev–Trinajstić information content (AvgIpc) is 2.82. The largest absolute Gasteiger partial charge is 0.396 e. The van der Waals surface area contributed by atoms with Crippen LogP contribution in [0.25, 0.3) is 0 Å². The van der Waals surface area contributed by atoms with Crippen LogP contribution >= 0.6 is 0 Å². The van der Waals surface area contributed by atoms with Gasteiger partial charge in [0, 0.05) is 31.9 Å². The van der Waals surface area contributed by atoms with Crippen LogP contribution in [0.4, 0.5) is 0 Å². The second-order valence-electron chi connectivity index (χ2n) is 4.47. The van der Waals surface area contributed by atoms with Gasteiger partial charge >= 0.3 is 0 Å². The summed E-state index contributed by atoms with van der Waals surface area (Å²) >= 11 is 0. The molecule has 108 valence electrons. The summed E-state index contributed by atoms with van der Waals surface area (Å²) in [5.41, 5.74) is 0. The Hall–Kier alpha value is -1.18. The lowest BCUT2D eigenvalue weighted by Crippen LogP contribution is -2.36. The van der Waals surface area contributed by atoms with Crippen molar-refractivity contribution in [2.75, 3.05) is 13.2 Å². The topological polar surface area (TPSA) is 75.4 Å². The summed E-state index contributed by atoms with van der Waals surface area (Å²) in [6.07, 6.45) is 4.93. The van der Waals surface area contributed by atoms with Crippen LogP contribution in [-0.4, -0.2) is 46.8 Å². The highest BCUT2D eigenvalue weighted by Crippen LogP contribution is 2.17. The molecule has 0 atom stereocenters. The minimum atomic E-state index is -3.55. The van der Waals surface area contributed by atoms with E-state index in [2.05, 4.69) is 11.7 Å². The van der Waals surface area contributed by atoms with E-state index in [1.165, 1.54) is 21.4 Å². The number of hydrogen-bond donors (Lipinski definition) is 1. The number of sulfonamides is 1. The van der Waals surface area contributed by atoms with E-state index in [0.717, 1.165) is 0 Å². The Morgan fingerprint density at radius 2 is 2.26 bits per heavy atom. The third-order valence-electron chi connectivity index (χ3n) is 2.65. The van der Waals surface area contributed by atoms with Crippen LogP contribution in [-0.2, 0) is 16.6 Å². The number of nitrogens with zero attached hydrogens (tertiary/aromatic N) is 3. The molecule has 0 fully saturated rings. The second-order valence-corrected chi connectivity index (χ2v) is 6.36. The van der Waals surface area contributed by atoms with Crippen molar-refractivity contribution in [3.63, 3.8) is 0 Å². The van der Waals surface area contributed by atoms with Crippen molar-refractivity contribution in [3.05, 3.63) is 25.0 Å². The summed E-state index contributed by atoms with van der Waals surface area (Å²) in [5.74, 6) is 0. The molecule has 0 radical (unpaired) electrons. The molecule has 19 heavy (non-hydrogen) atoms. The first-order chi connectivity index (χ1) is 8.93. The fourth-order valence-electron chi connectivity index (χ4n) is 1.68. The summed E-state index contributed by atoms with van der Waals surface area (Å²) < 4.78 is 27.7. The second kappa shape index (κ2) is 6.83. The van der Waals surface area contributed by atoms with Gasteiger partial charge in [-0.05, 0) is 20.3 Å². The quantitative estimate of drug-likeness (QED) is 0.719. The fraction of sp³-hybridized carbons (Fsp3) is 0.583. The Kier molecular flexibility index (Phi) is 5.71. The molecular formula is C12H21N3O3S. The lowest BCUT2D eigenvalue weighted by atomic mass is 10.4. The van der Waals surface area contributed by atoms with Crippen molar-refractivity contribution in [1.82, 2.24) is 14.1 Å². The zero-order valence-electron chi connectivity index (χ0n) is 11.4. The SMILES string of the molecule is C=CCN(C(C)C)S(=O)(=O)c1cnn(CCCO)c1. The minimum Gasteiger partial charge on any atom is -0.396 e. The maximum absolute atomic E-state index is 12.4. The highest BCUT2D eigenvalue weighted by molar-refractivity contribution is 7.89. The molecule has 6 nitrogen and oxygen atoms in total. The maximum atomic E-state index is 12.4. The molecule has 0 saturated carbocycles. The highest BCUT2D eigenvalue weighted by Gasteiger charge is 2.27. The molecule has 1 N–H and O–H groups in total. The van der Waals surface area contributed by atoms with Crippen LogP contribution in [0, 0.1) is 0 Å². The smallest absolute Gasteiger partial charge is 0.246 e. The molecule has 1 rings (SSSR count). The summed E-state index contributed by atoms with van der Waals surface area (Å²) in [4.78, 5) is 0.168. The first-order valence-corrected chi connectivity index (χ1v) is 7.63. The van der Waals surface area contributed by atoms with Crippen LogP contribution in [0.1, 0.15) is 20.3 Å². The number of hydrogen-bond acceptors (Lipinski definition) is 4. The van der Waals surface area contributed by atoms with Crippen LogP contribution in [0.15, 0.2) is 29.9 Å². The normalized spacial score (nSPS) is 12.3. The van der Waals surface area contributed by atoms with E-state index in [1.807, 2.05) is 13.8 Å². The first-order valence-electron chi connectivity index (χ1n) is 6.19. The lowest BCUT2D eigenvalue weighted by molar-refractivity contribution is 0.277. The Labute approximate surface area is 114 Å². The van der Waals surface area contributed by atoms with Gasteiger partial charge in [0.25, 0.3) is 0 Å². The molecule has 7 heteroatoms. The molecule has 0 saturated heterocycles. The molecule has 0 unspecified atom stereocenters. The third kappa shape index (κ3) is 3.89. The molecule has 0 aliphatic heterocycles. The number of aliphatic hydroxyl groups excluding tert-OH is 1. The van der Waals surface area contributed by atoms with Crippen LogP contribution < -0.4 is 0 Å². The number of aliphatic hydroxyl groups is 1. The van der Waals surface area contributed by atoms with Gasteiger partial charge < -0.3 is 5.11 Å². The van der Waals surface area contributed by atoms with Crippen LogP contribution in [0.2, 0.25) is 0 Å². The van der Waals surface area contributed by atoms with Crippen molar-refractivity contribution >= 4 is 10.0 Å². The van der Waals surface area contributed by atoms with Gasteiger partial charge in [-0.2, -0.15) is 9.40 Å². The molecule has 0 aliphatic carbocycles. The predicted octanol–water partition coefficient (Wildman–Crippen LogP) is 0.851. The van der Waals surface area contributed by atoms with E-state index in [9.17, 15) is 8.42 Å². The predicted molar refractivity (Wildman–Crippen MR) is 73.2 cm³/mol. The van der Waals surface area contributed by atoms with E-state index >= 15 is 0 Å². The van der Waals surface area contributed by atoms with Gasteiger partial charge in [-0.3, -0.25) is 4.68 Å². The maximum Gasteiger partial charge on any atom is 0.246 e. The summed E-state index contributed by atoms with van der Waals surface area (Å²) in [5, 5.41) is 12.7. The van der Waals surface area contributed by atoms with E-state index in [4.69, 9.17) is 5.11 Å². The number of rotatable bonds is 8. The van der Waals surface area contributed by atoms with Gasteiger partial charge in [0.15, 0.2) is 0 Å². The van der Waals surface area contributed by atoms with E-state index < -0.39 is 10.0 Å². The van der Waals surface area contributed by atoms with Gasteiger partial charge in [-0.15, -0.1) is 6.58 Å². The van der Waals surface area contributed by atoms with Gasteiger partial charge in [-0.1, -0.05) is 6.08 Å². The molecule has 0 amide bonds. The Bertz CT molecular complexity index is 508. The van der Waals surface area contributed by atoms with Gasteiger partial charge in [0.05, 0.1) is 6.20 Å². The lowest BCUT2D eigenvalue weighted by Gasteiger charge is -2.23. The Morgan fingerprint density at radius 3 is 2.79 bits per heavy atom. The van der Waals surface area contributed by atoms with E-state index in [1.54, 1.807) is 6.08 Å². The third-order valence-corrected chi connectivity index (χ3v) is 4.64. The Balaban J connectivity index is 2.98. The molecule has 0 bridgehead atoms. The molecule has 1 heterocycles. The van der Waals surface area contributed by atoms with Crippen molar-refractivity contribution < 1.29 is 13.5 Å². The highest BCUT2D eigenvalue weighted by atomic mass is 32.2. The number of aryl methyl sites for hydroxylation is 1. The summed E-state index contributed by atoms with van der Waals surface area (Å²) in [6.45, 7) is 8.03. The number of aromatic nitrogens is 2. The van der Waals surface area contributed by atoms with Gasteiger partial charge in [-0.25, -0.2) is 8.42 Å². The zero-order chi connectivity index (χ0) is 14.5. The average molecular weight is 287 g/mol. The van der Waals surface area contributed by atoms with Crippen molar-refractivity contribution in [2.24, 2.45) is 0 Å². The van der Waals surface area contributed by atoms with Crippen molar-refractivity contribution in [3.8, 4) is 0 Å². The molecule has 0 spiro atoms. The monoisotopic (exact) mass is 287 g/mol. The molecule has 0 aromatic carbocycles. The molecule has 1 aromatic rings. The van der Waals surface area contributed by atoms with Crippen molar-refractivity contribution in [2.45, 2.75) is 37.8 Å². The summed E-state index contributed by atoms with van der Waals surface area (Å²) in [6, 6.07) is -0.149.